The zero-order valence-electron chi connectivity index (χ0n) is 11.6. The number of hydrogen-bond acceptors (Lipinski definition) is 5. The molecule has 0 radical (unpaired) electrons. The summed E-state index contributed by atoms with van der Waals surface area (Å²) in [5.41, 5.74) is 6.67. The summed E-state index contributed by atoms with van der Waals surface area (Å²) in [6, 6.07) is 4.19. The van der Waals surface area contributed by atoms with E-state index >= 15 is 0 Å². The van der Waals surface area contributed by atoms with Gasteiger partial charge >= 0.3 is 0 Å². The van der Waals surface area contributed by atoms with Crippen molar-refractivity contribution in [1.82, 2.24) is 20.1 Å². The van der Waals surface area contributed by atoms with E-state index in [0.29, 0.717) is 25.1 Å². The molecule has 0 amide bonds. The van der Waals surface area contributed by atoms with Crippen molar-refractivity contribution in [2.45, 2.75) is 13.0 Å². The quantitative estimate of drug-likeness (QED) is 0.235. The molecule has 0 fully saturated rings. The number of benzene rings is 1. The fourth-order valence-electron chi connectivity index (χ4n) is 1.92. The topological polar surface area (TPSA) is 101 Å². The number of amidine groups is 1. The molecule has 0 aliphatic carbocycles. The van der Waals surface area contributed by atoms with E-state index in [1.165, 1.54) is 12.1 Å². The molecule has 1 aromatic heterocycles. The lowest BCUT2D eigenvalue weighted by Gasteiger charge is -2.09. The Bertz CT molecular complexity index is 639. The van der Waals surface area contributed by atoms with Crippen LogP contribution in [0.25, 0.3) is 0 Å². The Morgan fingerprint density at radius 2 is 2.33 bits per heavy atom. The molecule has 21 heavy (non-hydrogen) atoms. The van der Waals surface area contributed by atoms with Crippen LogP contribution in [0.15, 0.2) is 29.7 Å². The Kier molecular flexibility index (Phi) is 4.83. The Balaban J connectivity index is 1.93. The summed E-state index contributed by atoms with van der Waals surface area (Å²) in [6.45, 7) is 1.13. The van der Waals surface area contributed by atoms with Crippen molar-refractivity contribution >= 4 is 5.84 Å². The Morgan fingerprint density at radius 1 is 1.52 bits per heavy atom. The van der Waals surface area contributed by atoms with Crippen molar-refractivity contribution < 1.29 is 9.60 Å². The summed E-state index contributed by atoms with van der Waals surface area (Å²) in [5, 5.41) is 19.0. The number of aromatic nitrogens is 3. The molecule has 4 N–H and O–H groups in total. The van der Waals surface area contributed by atoms with E-state index in [4.69, 9.17) is 10.9 Å². The number of hydrogen-bond donors (Lipinski definition) is 3. The molecule has 0 saturated carbocycles. The van der Waals surface area contributed by atoms with Gasteiger partial charge in [0.25, 0.3) is 0 Å². The molecule has 0 aliphatic rings. The number of nitrogens with zero attached hydrogens (tertiary/aromatic N) is 4. The van der Waals surface area contributed by atoms with Crippen LogP contribution in [0.1, 0.15) is 17.0 Å². The molecule has 0 spiro atoms. The third kappa shape index (κ3) is 3.99. The van der Waals surface area contributed by atoms with Crippen molar-refractivity contribution in [1.29, 1.82) is 0 Å². The minimum atomic E-state index is -0.432. The number of nitrogens with one attached hydrogen (secondary N) is 1. The van der Waals surface area contributed by atoms with Gasteiger partial charge in [0.15, 0.2) is 11.7 Å². The van der Waals surface area contributed by atoms with Crippen LogP contribution in [-0.4, -0.2) is 32.4 Å². The van der Waals surface area contributed by atoms with Crippen molar-refractivity contribution in [3.05, 3.63) is 47.3 Å². The predicted octanol–water partition coefficient (Wildman–Crippen LogP) is 0.381. The van der Waals surface area contributed by atoms with E-state index in [9.17, 15) is 4.39 Å². The smallest absolute Gasteiger partial charge is 0.170 e. The Morgan fingerprint density at radius 3 is 3.00 bits per heavy atom. The van der Waals surface area contributed by atoms with E-state index in [2.05, 4.69) is 20.6 Å². The first-order valence-electron chi connectivity index (χ1n) is 6.41. The van der Waals surface area contributed by atoms with Crippen LogP contribution >= 0.6 is 0 Å². The number of nitrogens with two attached hydrogens (primary N) is 1. The fourth-order valence-corrected chi connectivity index (χ4v) is 1.92. The second-order valence-electron chi connectivity index (χ2n) is 4.55. The molecule has 7 nitrogen and oxygen atoms in total. The lowest BCUT2D eigenvalue weighted by molar-refractivity contribution is 0.318. The maximum Gasteiger partial charge on any atom is 0.170 e. The van der Waals surface area contributed by atoms with Crippen molar-refractivity contribution in [3.63, 3.8) is 0 Å². The number of rotatable bonds is 6. The maximum absolute atomic E-state index is 13.2. The van der Waals surface area contributed by atoms with E-state index in [-0.39, 0.29) is 5.84 Å². The van der Waals surface area contributed by atoms with Gasteiger partial charge < -0.3 is 16.3 Å². The summed E-state index contributed by atoms with van der Waals surface area (Å²) in [6.07, 6.45) is 2.33. The molecule has 0 saturated heterocycles. The molecule has 0 bridgehead atoms. The molecule has 2 aromatic rings. The minimum Gasteiger partial charge on any atom is -0.409 e. The molecular weight excluding hydrogens is 275 g/mol. The largest absolute Gasteiger partial charge is 0.409 e. The minimum absolute atomic E-state index is 0.113. The summed E-state index contributed by atoms with van der Waals surface area (Å²) in [7, 11) is 1.81. The highest BCUT2D eigenvalue weighted by Crippen LogP contribution is 2.11. The maximum atomic E-state index is 13.2. The highest BCUT2D eigenvalue weighted by Gasteiger charge is 2.08. The van der Waals surface area contributed by atoms with E-state index in [1.54, 1.807) is 17.1 Å². The highest BCUT2D eigenvalue weighted by molar-refractivity contribution is 5.98. The summed E-state index contributed by atoms with van der Waals surface area (Å²) >= 11 is 0. The van der Waals surface area contributed by atoms with Crippen LogP contribution in [0.4, 0.5) is 4.39 Å². The van der Waals surface area contributed by atoms with Gasteiger partial charge in [0.05, 0.1) is 0 Å². The van der Waals surface area contributed by atoms with Gasteiger partial charge in [-0.15, -0.1) is 0 Å². The molecule has 112 valence electrons. The molecule has 0 unspecified atom stereocenters. The molecule has 1 heterocycles. The normalized spacial score (nSPS) is 11.8. The van der Waals surface area contributed by atoms with Crippen LogP contribution in [-0.2, 0) is 20.0 Å². The second kappa shape index (κ2) is 6.80. The van der Waals surface area contributed by atoms with E-state index in [0.717, 1.165) is 11.4 Å². The molecule has 1 aromatic carbocycles. The lowest BCUT2D eigenvalue weighted by atomic mass is 10.1. The van der Waals surface area contributed by atoms with Gasteiger partial charge in [0, 0.05) is 32.1 Å². The van der Waals surface area contributed by atoms with Crippen molar-refractivity contribution in [2.24, 2.45) is 17.9 Å². The first-order chi connectivity index (χ1) is 10.1. The Hall–Kier alpha value is -2.48. The fraction of sp³-hybridized carbons (Fsp3) is 0.308. The average Bonchev–Trinajstić information content (AvgIpc) is 2.89. The van der Waals surface area contributed by atoms with Gasteiger partial charge in [-0.1, -0.05) is 11.2 Å². The standard InChI is InChI=1S/C13H17FN6O/c1-20-8-17-12(18-20)4-5-16-7-9-2-3-10(14)6-11(9)13(15)19-21/h2-3,6,8,16,21H,4-5,7H2,1H3,(H2,15,19). The van der Waals surface area contributed by atoms with Gasteiger partial charge in [-0.05, 0) is 17.7 Å². The SMILES string of the molecule is Cn1cnc(CCNCc2ccc(F)cc2/C(N)=N/O)n1. The van der Waals surface area contributed by atoms with Crippen LogP contribution in [0, 0.1) is 5.82 Å². The molecule has 0 atom stereocenters. The van der Waals surface area contributed by atoms with Gasteiger partial charge in [-0.25, -0.2) is 9.37 Å². The third-order valence-electron chi connectivity index (χ3n) is 2.94. The third-order valence-corrected chi connectivity index (χ3v) is 2.94. The van der Waals surface area contributed by atoms with Crippen molar-refractivity contribution in [3.8, 4) is 0 Å². The molecule has 0 aliphatic heterocycles. The van der Waals surface area contributed by atoms with E-state index < -0.39 is 5.82 Å². The van der Waals surface area contributed by atoms with Gasteiger partial charge in [-0.3, -0.25) is 4.68 Å². The van der Waals surface area contributed by atoms with Gasteiger partial charge in [-0.2, -0.15) is 5.10 Å². The first kappa shape index (κ1) is 14.9. The van der Waals surface area contributed by atoms with Crippen LogP contribution in [0.5, 0.6) is 0 Å². The van der Waals surface area contributed by atoms with Gasteiger partial charge in [0.2, 0.25) is 0 Å². The Labute approximate surface area is 121 Å². The summed E-state index contributed by atoms with van der Waals surface area (Å²) in [5.74, 6) is 0.205. The van der Waals surface area contributed by atoms with Crippen LogP contribution in [0.3, 0.4) is 0 Å². The van der Waals surface area contributed by atoms with Crippen LogP contribution in [0.2, 0.25) is 0 Å². The molecule has 8 heteroatoms. The van der Waals surface area contributed by atoms with Crippen molar-refractivity contribution in [2.75, 3.05) is 6.54 Å². The number of oxime groups is 1. The first-order valence-corrected chi connectivity index (χ1v) is 6.41. The zero-order chi connectivity index (χ0) is 15.2. The van der Waals surface area contributed by atoms with Crippen LogP contribution < -0.4 is 11.1 Å². The molecular formula is C13H17FN6O. The monoisotopic (exact) mass is 292 g/mol. The predicted molar refractivity (Wildman–Crippen MR) is 75.3 cm³/mol. The number of halogens is 1. The summed E-state index contributed by atoms with van der Waals surface area (Å²) < 4.78 is 14.9. The number of aryl methyl sites for hydroxylation is 1. The second-order valence-corrected chi connectivity index (χ2v) is 4.55. The average molecular weight is 292 g/mol. The molecule has 2 rings (SSSR count). The van der Waals surface area contributed by atoms with E-state index in [1.807, 2.05) is 7.05 Å². The zero-order valence-corrected chi connectivity index (χ0v) is 11.6. The highest BCUT2D eigenvalue weighted by atomic mass is 19.1. The summed E-state index contributed by atoms with van der Waals surface area (Å²) in [4.78, 5) is 4.12. The lowest BCUT2D eigenvalue weighted by Crippen LogP contribution is -2.22. The van der Waals surface area contributed by atoms with Gasteiger partial charge in [0.1, 0.15) is 12.1 Å².